The number of aromatic nitrogens is 3. The summed E-state index contributed by atoms with van der Waals surface area (Å²) in [6.45, 7) is 3.97. The van der Waals surface area contributed by atoms with E-state index in [2.05, 4.69) is 36.5 Å². The summed E-state index contributed by atoms with van der Waals surface area (Å²) in [5, 5.41) is 12.3. The molecule has 0 spiro atoms. The van der Waals surface area contributed by atoms with Crippen LogP contribution in [-0.4, -0.2) is 46.1 Å². The molecule has 1 fully saturated rings. The Morgan fingerprint density at radius 2 is 1.83 bits per heavy atom. The minimum atomic E-state index is -0.296. The van der Waals surface area contributed by atoms with Crippen molar-refractivity contribution in [2.75, 3.05) is 14.1 Å². The summed E-state index contributed by atoms with van der Waals surface area (Å²) in [7, 11) is 4.11. The van der Waals surface area contributed by atoms with Gasteiger partial charge >= 0.3 is 0 Å². The SMILES string of the molecule is C[C@H](Sc1nnc([C@H](C)[NH+](C)C)n1-c1ccc(F)cc1)C(=O)NC1CCCCC1. The molecule has 6 nitrogen and oxygen atoms in total. The summed E-state index contributed by atoms with van der Waals surface area (Å²) >= 11 is 1.39. The second kappa shape index (κ2) is 9.71. The normalized spacial score (nSPS) is 17.3. The van der Waals surface area contributed by atoms with Gasteiger partial charge in [0.05, 0.1) is 19.3 Å². The van der Waals surface area contributed by atoms with Crippen molar-refractivity contribution in [1.82, 2.24) is 20.1 Å². The van der Waals surface area contributed by atoms with Gasteiger partial charge in [-0.3, -0.25) is 9.36 Å². The van der Waals surface area contributed by atoms with Crippen molar-refractivity contribution < 1.29 is 14.1 Å². The number of carbonyl (C=O) groups is 1. The third kappa shape index (κ3) is 5.36. The molecule has 0 aliphatic heterocycles. The van der Waals surface area contributed by atoms with Crippen LogP contribution >= 0.6 is 11.8 Å². The maximum absolute atomic E-state index is 13.5. The van der Waals surface area contributed by atoms with Crippen molar-refractivity contribution in [2.24, 2.45) is 0 Å². The minimum absolute atomic E-state index is 0.0309. The van der Waals surface area contributed by atoms with E-state index in [1.165, 1.54) is 48.1 Å². The van der Waals surface area contributed by atoms with Crippen molar-refractivity contribution in [1.29, 1.82) is 0 Å². The number of benzene rings is 1. The maximum Gasteiger partial charge on any atom is 0.233 e. The molecule has 0 unspecified atom stereocenters. The number of hydrogen-bond acceptors (Lipinski definition) is 4. The van der Waals surface area contributed by atoms with Gasteiger partial charge in [-0.25, -0.2) is 4.39 Å². The number of thioether (sulfide) groups is 1. The molecule has 3 rings (SSSR count). The third-order valence-electron chi connectivity index (χ3n) is 5.60. The first kappa shape index (κ1) is 21.8. The standard InChI is InChI=1S/C21H30FN5OS/c1-14(26(3)4)19-24-25-21(27(19)18-12-10-16(22)11-13-18)29-15(2)20(28)23-17-8-6-5-7-9-17/h10-15,17H,5-9H2,1-4H3,(H,23,28)/p+1/t14-,15-/m0/s1. The smallest absolute Gasteiger partial charge is 0.233 e. The van der Waals surface area contributed by atoms with Crippen LogP contribution in [0.15, 0.2) is 29.4 Å². The predicted octanol–water partition coefficient (Wildman–Crippen LogP) is 2.54. The van der Waals surface area contributed by atoms with E-state index in [9.17, 15) is 9.18 Å². The lowest BCUT2D eigenvalue weighted by Crippen LogP contribution is -3.05. The van der Waals surface area contributed by atoms with Crippen LogP contribution in [0.25, 0.3) is 5.69 Å². The molecule has 2 aromatic rings. The number of rotatable bonds is 7. The van der Waals surface area contributed by atoms with Crippen molar-refractivity contribution in [3.8, 4) is 5.69 Å². The number of quaternary nitrogens is 1. The highest BCUT2D eigenvalue weighted by Crippen LogP contribution is 2.28. The molecule has 1 aliphatic rings. The van der Waals surface area contributed by atoms with Crippen LogP contribution in [-0.2, 0) is 4.79 Å². The lowest BCUT2D eigenvalue weighted by atomic mass is 9.95. The Morgan fingerprint density at radius 3 is 2.45 bits per heavy atom. The number of carbonyl (C=O) groups excluding carboxylic acids is 1. The molecule has 1 aromatic carbocycles. The van der Waals surface area contributed by atoms with Gasteiger partial charge < -0.3 is 10.2 Å². The molecule has 1 amide bonds. The molecule has 1 aromatic heterocycles. The fourth-order valence-electron chi connectivity index (χ4n) is 3.51. The highest BCUT2D eigenvalue weighted by Gasteiger charge is 2.27. The molecule has 29 heavy (non-hydrogen) atoms. The van der Waals surface area contributed by atoms with Crippen LogP contribution in [0.3, 0.4) is 0 Å². The second-order valence-electron chi connectivity index (χ2n) is 8.06. The van der Waals surface area contributed by atoms with E-state index in [0.29, 0.717) is 5.16 Å². The van der Waals surface area contributed by atoms with Gasteiger partial charge in [-0.05, 0) is 51.0 Å². The number of nitrogens with zero attached hydrogens (tertiary/aromatic N) is 3. The van der Waals surface area contributed by atoms with Gasteiger partial charge in [0.15, 0.2) is 11.0 Å². The van der Waals surface area contributed by atoms with Crippen molar-refractivity contribution in [3.63, 3.8) is 0 Å². The monoisotopic (exact) mass is 420 g/mol. The fourth-order valence-corrected chi connectivity index (χ4v) is 4.39. The Balaban J connectivity index is 1.82. The van der Waals surface area contributed by atoms with E-state index >= 15 is 0 Å². The molecular formula is C21H31FN5OS+. The van der Waals surface area contributed by atoms with Gasteiger partial charge in [-0.15, -0.1) is 10.2 Å². The van der Waals surface area contributed by atoms with E-state index in [4.69, 9.17) is 0 Å². The van der Waals surface area contributed by atoms with Crippen LogP contribution in [0.4, 0.5) is 4.39 Å². The molecular weight excluding hydrogens is 389 g/mol. The topological polar surface area (TPSA) is 64.2 Å². The third-order valence-corrected chi connectivity index (χ3v) is 6.64. The highest BCUT2D eigenvalue weighted by molar-refractivity contribution is 8.00. The first-order valence-corrected chi connectivity index (χ1v) is 11.2. The summed E-state index contributed by atoms with van der Waals surface area (Å²) < 4.78 is 15.4. The van der Waals surface area contributed by atoms with Gasteiger partial charge in [-0.2, -0.15) is 0 Å². The summed E-state index contributed by atoms with van der Waals surface area (Å²) in [6.07, 6.45) is 5.73. The van der Waals surface area contributed by atoms with Crippen molar-refractivity contribution in [2.45, 2.75) is 68.4 Å². The molecule has 8 heteroatoms. The molecule has 0 saturated heterocycles. The lowest BCUT2D eigenvalue weighted by Gasteiger charge is -2.24. The van der Waals surface area contributed by atoms with Gasteiger partial charge in [0.1, 0.15) is 11.9 Å². The molecule has 1 aliphatic carbocycles. The Labute approximate surface area is 176 Å². The van der Waals surface area contributed by atoms with E-state index in [1.54, 1.807) is 12.1 Å². The zero-order chi connectivity index (χ0) is 21.0. The van der Waals surface area contributed by atoms with Crippen LogP contribution < -0.4 is 10.2 Å². The zero-order valence-electron chi connectivity index (χ0n) is 17.6. The summed E-state index contributed by atoms with van der Waals surface area (Å²) in [4.78, 5) is 13.9. The van der Waals surface area contributed by atoms with E-state index in [-0.39, 0.29) is 29.1 Å². The Kier molecular flexibility index (Phi) is 7.29. The first-order valence-electron chi connectivity index (χ1n) is 10.3. The Hall–Kier alpha value is -1.93. The quantitative estimate of drug-likeness (QED) is 0.676. The molecule has 0 bridgehead atoms. The average Bonchev–Trinajstić information content (AvgIpc) is 3.12. The molecule has 0 radical (unpaired) electrons. The molecule has 1 saturated carbocycles. The van der Waals surface area contributed by atoms with Crippen LogP contribution in [0.5, 0.6) is 0 Å². The minimum Gasteiger partial charge on any atom is -0.352 e. The lowest BCUT2D eigenvalue weighted by molar-refractivity contribution is -0.890. The van der Waals surface area contributed by atoms with Gasteiger partial charge in [-0.1, -0.05) is 31.0 Å². The molecule has 2 atom stereocenters. The number of hydrogen-bond donors (Lipinski definition) is 2. The average molecular weight is 421 g/mol. The number of amides is 1. The highest BCUT2D eigenvalue weighted by atomic mass is 32.2. The van der Waals surface area contributed by atoms with Gasteiger partial charge in [0.25, 0.3) is 0 Å². The summed E-state index contributed by atoms with van der Waals surface area (Å²) in [5.74, 6) is 0.534. The maximum atomic E-state index is 13.5. The van der Waals surface area contributed by atoms with Crippen molar-refractivity contribution >= 4 is 17.7 Å². The van der Waals surface area contributed by atoms with Crippen LogP contribution in [0.1, 0.15) is 57.8 Å². The van der Waals surface area contributed by atoms with Crippen LogP contribution in [0.2, 0.25) is 0 Å². The summed E-state index contributed by atoms with van der Waals surface area (Å²) in [6, 6.07) is 6.67. The van der Waals surface area contributed by atoms with E-state index in [0.717, 1.165) is 24.4 Å². The molecule has 158 valence electrons. The Bertz CT molecular complexity index is 817. The number of halogens is 1. The van der Waals surface area contributed by atoms with E-state index in [1.807, 2.05) is 11.5 Å². The van der Waals surface area contributed by atoms with Crippen LogP contribution in [0, 0.1) is 5.82 Å². The molecule has 1 heterocycles. The zero-order valence-corrected chi connectivity index (χ0v) is 18.4. The predicted molar refractivity (Wildman–Crippen MR) is 113 cm³/mol. The number of nitrogens with one attached hydrogen (secondary N) is 2. The largest absolute Gasteiger partial charge is 0.352 e. The Morgan fingerprint density at radius 1 is 1.17 bits per heavy atom. The van der Waals surface area contributed by atoms with Gasteiger partial charge in [0, 0.05) is 11.7 Å². The molecule has 2 N–H and O–H groups in total. The van der Waals surface area contributed by atoms with Gasteiger partial charge in [0.2, 0.25) is 5.91 Å². The van der Waals surface area contributed by atoms with Crippen molar-refractivity contribution in [3.05, 3.63) is 35.9 Å². The van der Waals surface area contributed by atoms with E-state index < -0.39 is 0 Å². The summed E-state index contributed by atoms with van der Waals surface area (Å²) in [5.41, 5.74) is 0.793. The second-order valence-corrected chi connectivity index (χ2v) is 9.36. The fraction of sp³-hybridized carbons (Fsp3) is 0.571. The first-order chi connectivity index (χ1) is 13.9.